The molecule has 0 radical (unpaired) electrons. The lowest BCUT2D eigenvalue weighted by molar-refractivity contribution is -0.384. The van der Waals surface area contributed by atoms with Gasteiger partial charge in [0.2, 0.25) is 11.7 Å². The van der Waals surface area contributed by atoms with Crippen molar-refractivity contribution >= 4 is 23.1 Å². The summed E-state index contributed by atoms with van der Waals surface area (Å²) in [5.74, 6) is 0.624. The minimum atomic E-state index is -0.516. The van der Waals surface area contributed by atoms with Crippen LogP contribution in [0, 0.1) is 10.1 Å². The topological polar surface area (TPSA) is 90.2 Å². The van der Waals surface area contributed by atoms with E-state index in [-0.39, 0.29) is 16.7 Å². The number of methoxy groups -OCH3 is 1. The summed E-state index contributed by atoms with van der Waals surface area (Å²) in [7, 11) is 1.53. The van der Waals surface area contributed by atoms with Crippen molar-refractivity contribution in [1.29, 1.82) is 0 Å². The number of nitrogens with zero attached hydrogens (tertiary/aromatic N) is 3. The molecule has 2 rings (SSSR count). The van der Waals surface area contributed by atoms with Gasteiger partial charge in [0.05, 0.1) is 12.0 Å². The minimum Gasteiger partial charge on any atom is -0.481 e. The van der Waals surface area contributed by atoms with E-state index in [0.717, 1.165) is 5.56 Å². The zero-order valence-corrected chi connectivity index (χ0v) is 11.3. The van der Waals surface area contributed by atoms with Gasteiger partial charge in [0, 0.05) is 24.9 Å². The Morgan fingerprint density at radius 2 is 2.20 bits per heavy atom. The van der Waals surface area contributed by atoms with Gasteiger partial charge in [-0.05, 0) is 11.6 Å². The largest absolute Gasteiger partial charge is 0.481 e. The molecule has 0 saturated carbocycles. The van der Waals surface area contributed by atoms with E-state index >= 15 is 0 Å². The normalized spacial score (nSPS) is 10.1. The zero-order chi connectivity index (χ0) is 14.5. The Morgan fingerprint density at radius 1 is 1.40 bits per heavy atom. The second-order valence-electron chi connectivity index (χ2n) is 3.82. The molecule has 0 aliphatic rings. The summed E-state index contributed by atoms with van der Waals surface area (Å²) in [5, 5.41) is 13.9. The lowest BCUT2D eigenvalue weighted by Gasteiger charge is -2.07. The SMILES string of the molecule is COc1ccc(CNc2nc(Cl)ccc2[N+](=O)[O-])cn1. The number of hydrogen-bond donors (Lipinski definition) is 1. The number of ether oxygens (including phenoxy) is 1. The number of nitrogens with one attached hydrogen (secondary N) is 1. The van der Waals surface area contributed by atoms with Crippen LogP contribution in [-0.2, 0) is 6.54 Å². The van der Waals surface area contributed by atoms with Crippen molar-refractivity contribution in [3.05, 3.63) is 51.3 Å². The minimum absolute atomic E-state index is 0.123. The Morgan fingerprint density at radius 3 is 2.80 bits per heavy atom. The maximum atomic E-state index is 10.9. The Kier molecular flexibility index (Phi) is 4.31. The van der Waals surface area contributed by atoms with Gasteiger partial charge in [-0.3, -0.25) is 10.1 Å². The number of halogens is 1. The summed E-state index contributed by atoms with van der Waals surface area (Å²) in [6, 6.07) is 6.19. The smallest absolute Gasteiger partial charge is 0.311 e. The van der Waals surface area contributed by atoms with Gasteiger partial charge in [0.25, 0.3) is 0 Å². The van der Waals surface area contributed by atoms with E-state index in [0.29, 0.717) is 12.4 Å². The third-order valence-electron chi connectivity index (χ3n) is 2.50. The van der Waals surface area contributed by atoms with Crippen LogP contribution in [-0.4, -0.2) is 22.0 Å². The zero-order valence-electron chi connectivity index (χ0n) is 10.5. The molecule has 20 heavy (non-hydrogen) atoms. The molecule has 0 spiro atoms. The van der Waals surface area contributed by atoms with Crippen LogP contribution in [0.3, 0.4) is 0 Å². The Labute approximate surface area is 119 Å². The van der Waals surface area contributed by atoms with Crippen LogP contribution in [0.15, 0.2) is 30.5 Å². The average Bonchev–Trinajstić information content (AvgIpc) is 2.45. The first kappa shape index (κ1) is 14.0. The van der Waals surface area contributed by atoms with Crippen molar-refractivity contribution in [1.82, 2.24) is 9.97 Å². The molecule has 0 aliphatic heterocycles. The lowest BCUT2D eigenvalue weighted by atomic mass is 10.3. The molecule has 0 atom stereocenters. The highest BCUT2D eigenvalue weighted by Gasteiger charge is 2.15. The van der Waals surface area contributed by atoms with Crippen LogP contribution in [0.1, 0.15) is 5.56 Å². The highest BCUT2D eigenvalue weighted by atomic mass is 35.5. The van der Waals surface area contributed by atoms with Crippen molar-refractivity contribution in [3.8, 4) is 5.88 Å². The van der Waals surface area contributed by atoms with E-state index in [1.807, 2.05) is 0 Å². The maximum Gasteiger partial charge on any atom is 0.311 e. The van der Waals surface area contributed by atoms with Crippen LogP contribution in [0.5, 0.6) is 5.88 Å². The van der Waals surface area contributed by atoms with Gasteiger partial charge in [0.1, 0.15) is 5.15 Å². The van der Waals surface area contributed by atoms with Crippen molar-refractivity contribution in [2.45, 2.75) is 6.54 Å². The van der Waals surface area contributed by atoms with Crippen molar-refractivity contribution < 1.29 is 9.66 Å². The standard InChI is InChI=1S/C12H11ClN4O3/c1-20-11-5-2-8(6-14-11)7-15-12-9(17(18)19)3-4-10(13)16-12/h2-6H,7H2,1H3,(H,15,16). The highest BCUT2D eigenvalue weighted by Crippen LogP contribution is 2.24. The van der Waals surface area contributed by atoms with Gasteiger partial charge in [-0.25, -0.2) is 9.97 Å². The second kappa shape index (κ2) is 6.16. The molecule has 0 aromatic carbocycles. The van der Waals surface area contributed by atoms with Gasteiger partial charge in [-0.1, -0.05) is 17.7 Å². The average molecular weight is 295 g/mol. The predicted molar refractivity (Wildman–Crippen MR) is 74.0 cm³/mol. The Hall–Kier alpha value is -2.41. The first-order chi connectivity index (χ1) is 9.60. The van der Waals surface area contributed by atoms with Crippen LogP contribution >= 0.6 is 11.6 Å². The van der Waals surface area contributed by atoms with Crippen LogP contribution in [0.25, 0.3) is 0 Å². The van der Waals surface area contributed by atoms with Gasteiger partial charge >= 0.3 is 5.69 Å². The Balaban J connectivity index is 2.13. The maximum absolute atomic E-state index is 10.9. The molecule has 8 heteroatoms. The van der Waals surface area contributed by atoms with E-state index in [4.69, 9.17) is 16.3 Å². The fourth-order valence-corrected chi connectivity index (χ4v) is 1.67. The fraction of sp³-hybridized carbons (Fsp3) is 0.167. The molecule has 2 heterocycles. The molecule has 0 aliphatic carbocycles. The highest BCUT2D eigenvalue weighted by molar-refractivity contribution is 6.29. The molecule has 7 nitrogen and oxygen atoms in total. The van der Waals surface area contributed by atoms with Gasteiger partial charge in [-0.15, -0.1) is 0 Å². The number of anilines is 1. The van der Waals surface area contributed by atoms with Crippen LogP contribution < -0.4 is 10.1 Å². The number of nitro groups is 1. The van der Waals surface area contributed by atoms with Gasteiger partial charge in [0.15, 0.2) is 0 Å². The molecular weight excluding hydrogens is 284 g/mol. The molecule has 2 aromatic heterocycles. The third kappa shape index (κ3) is 3.33. The third-order valence-corrected chi connectivity index (χ3v) is 2.71. The molecule has 0 unspecified atom stereocenters. The first-order valence-corrected chi connectivity index (χ1v) is 6.01. The summed E-state index contributed by atoms with van der Waals surface area (Å²) in [5.41, 5.74) is 0.706. The summed E-state index contributed by atoms with van der Waals surface area (Å²) < 4.78 is 4.95. The summed E-state index contributed by atoms with van der Waals surface area (Å²) in [6.45, 7) is 0.338. The van der Waals surface area contributed by atoms with E-state index in [1.165, 1.54) is 19.2 Å². The van der Waals surface area contributed by atoms with Crippen LogP contribution in [0.4, 0.5) is 11.5 Å². The molecular formula is C12H11ClN4O3. The molecule has 0 amide bonds. The first-order valence-electron chi connectivity index (χ1n) is 5.64. The van der Waals surface area contributed by atoms with Gasteiger partial charge < -0.3 is 10.1 Å². The fourth-order valence-electron chi connectivity index (χ4n) is 1.53. The van der Waals surface area contributed by atoms with Crippen molar-refractivity contribution in [2.75, 3.05) is 12.4 Å². The predicted octanol–water partition coefficient (Wildman–Crippen LogP) is 2.66. The van der Waals surface area contributed by atoms with Gasteiger partial charge in [-0.2, -0.15) is 0 Å². The number of pyridine rings is 2. The van der Waals surface area contributed by atoms with E-state index < -0.39 is 4.92 Å². The monoisotopic (exact) mass is 294 g/mol. The van der Waals surface area contributed by atoms with E-state index in [9.17, 15) is 10.1 Å². The van der Waals surface area contributed by atoms with E-state index in [1.54, 1.807) is 18.3 Å². The number of aromatic nitrogens is 2. The number of hydrogen-bond acceptors (Lipinski definition) is 6. The molecule has 104 valence electrons. The van der Waals surface area contributed by atoms with Crippen molar-refractivity contribution in [3.63, 3.8) is 0 Å². The molecule has 0 bridgehead atoms. The summed E-state index contributed by atoms with van der Waals surface area (Å²) in [4.78, 5) is 18.3. The van der Waals surface area contributed by atoms with Crippen LogP contribution in [0.2, 0.25) is 5.15 Å². The molecule has 0 fully saturated rings. The molecule has 0 saturated heterocycles. The molecule has 2 aromatic rings. The lowest BCUT2D eigenvalue weighted by Crippen LogP contribution is -2.05. The second-order valence-corrected chi connectivity index (χ2v) is 4.21. The number of rotatable bonds is 5. The van der Waals surface area contributed by atoms with Crippen molar-refractivity contribution in [2.24, 2.45) is 0 Å². The summed E-state index contributed by atoms with van der Waals surface area (Å²) in [6.07, 6.45) is 1.61. The Bertz CT molecular complexity index is 619. The molecule has 1 N–H and O–H groups in total. The van der Waals surface area contributed by atoms with E-state index in [2.05, 4.69) is 15.3 Å². The summed E-state index contributed by atoms with van der Waals surface area (Å²) >= 11 is 5.74. The quantitative estimate of drug-likeness (QED) is 0.518.